The summed E-state index contributed by atoms with van der Waals surface area (Å²) in [6, 6.07) is 0. The van der Waals surface area contributed by atoms with Gasteiger partial charge in [-0.3, -0.25) is 9.59 Å². The normalized spacial score (nSPS) is 44.9. The lowest BCUT2D eigenvalue weighted by Crippen LogP contribution is -2.50. The van der Waals surface area contributed by atoms with Gasteiger partial charge in [0.05, 0.1) is 0 Å². The zero-order valence-corrected chi connectivity index (χ0v) is 14.8. The van der Waals surface area contributed by atoms with E-state index in [-0.39, 0.29) is 42.3 Å². The molecule has 3 saturated carbocycles. The quantitative estimate of drug-likeness (QED) is 0.820. The number of ketones is 2. The average molecular weight is 344 g/mol. The van der Waals surface area contributed by atoms with Gasteiger partial charge in [-0.1, -0.05) is 32.9 Å². The minimum absolute atomic E-state index is 0. The Bertz CT molecular complexity index is 646. The van der Waals surface area contributed by atoms with E-state index in [1.807, 2.05) is 6.08 Å². The molecule has 25 heavy (non-hydrogen) atoms. The number of carbonyl (C=O) groups excluding carboxylic acids is 2. The van der Waals surface area contributed by atoms with Gasteiger partial charge in [0, 0.05) is 11.3 Å². The van der Waals surface area contributed by atoms with Gasteiger partial charge in [-0.15, -0.1) is 0 Å². The van der Waals surface area contributed by atoms with Crippen molar-refractivity contribution in [3.63, 3.8) is 0 Å². The van der Waals surface area contributed by atoms with Crippen LogP contribution in [0.1, 0.15) is 59.8 Å². The van der Waals surface area contributed by atoms with Crippen molar-refractivity contribution in [2.24, 2.45) is 34.5 Å². The summed E-state index contributed by atoms with van der Waals surface area (Å²) in [4.78, 5) is 24.0. The molecule has 0 aromatic heterocycles. The molecule has 3 fully saturated rings. The molecular weight excluding hydrogens is 312 g/mol. The van der Waals surface area contributed by atoms with E-state index in [1.165, 1.54) is 5.57 Å². The molecule has 0 aromatic rings. The van der Waals surface area contributed by atoms with E-state index in [0.29, 0.717) is 17.8 Å². The minimum Gasteiger partial charge on any atom is -0.389 e. The van der Waals surface area contributed by atoms with Gasteiger partial charge in [0.1, 0.15) is 6.61 Å². The zero-order chi connectivity index (χ0) is 17.1. The lowest BCUT2D eigenvalue weighted by Gasteiger charge is -2.56. The van der Waals surface area contributed by atoms with Gasteiger partial charge in [0.25, 0.3) is 0 Å². The lowest BCUT2D eigenvalue weighted by molar-refractivity contribution is -0.132. The Labute approximate surface area is 151 Å². The lowest BCUT2D eigenvalue weighted by atomic mass is 9.47. The molecule has 4 rings (SSSR count). The summed E-state index contributed by atoms with van der Waals surface area (Å²) < 4.78 is 0. The molecule has 0 amide bonds. The highest BCUT2D eigenvalue weighted by Gasteiger charge is 2.59. The average Bonchev–Trinajstić information content (AvgIpc) is 2.92. The first-order valence-corrected chi connectivity index (χ1v) is 9.48. The summed E-state index contributed by atoms with van der Waals surface area (Å²) in [5, 5.41) is 9.35. The molecule has 4 aliphatic rings. The summed E-state index contributed by atoms with van der Waals surface area (Å²) >= 11 is 0. The fraction of sp³-hybridized carbons (Fsp3) is 0.727. The Morgan fingerprint density at radius 3 is 2.68 bits per heavy atom. The summed E-state index contributed by atoms with van der Waals surface area (Å²) in [7, 11) is 0. The van der Waals surface area contributed by atoms with E-state index in [2.05, 4.69) is 19.9 Å². The van der Waals surface area contributed by atoms with E-state index >= 15 is 0 Å². The number of carbonyl (C=O) groups is 2. The standard InChI is InChI=1S/C21H28O3.CH4/c1-20-9-7-14(23)11-13(20)3-4-15-16-5-6-18(19(24)12-22)21(16,2)10-8-17(15)20;/h7,9,11,15-18,22H,3-6,8,10,12H2,1-2H3;1H4. The molecule has 3 heteroatoms. The predicted octanol–water partition coefficient (Wildman–Crippen LogP) is 4.11. The second-order valence-electron chi connectivity index (χ2n) is 8.90. The summed E-state index contributed by atoms with van der Waals surface area (Å²) in [6.07, 6.45) is 12.2. The predicted molar refractivity (Wildman–Crippen MR) is 98.9 cm³/mol. The van der Waals surface area contributed by atoms with E-state index in [0.717, 1.165) is 38.5 Å². The van der Waals surface area contributed by atoms with E-state index < -0.39 is 0 Å². The van der Waals surface area contributed by atoms with Crippen LogP contribution in [0.15, 0.2) is 23.8 Å². The number of aliphatic hydroxyl groups is 1. The van der Waals surface area contributed by atoms with Crippen LogP contribution in [0.5, 0.6) is 0 Å². The highest BCUT2D eigenvalue weighted by Crippen LogP contribution is 2.65. The molecule has 0 aromatic carbocycles. The number of rotatable bonds is 2. The van der Waals surface area contributed by atoms with Gasteiger partial charge in [-0.2, -0.15) is 0 Å². The van der Waals surface area contributed by atoms with Crippen molar-refractivity contribution in [2.75, 3.05) is 6.61 Å². The van der Waals surface area contributed by atoms with E-state index in [1.54, 1.807) is 6.08 Å². The number of fused-ring (bicyclic) bond motifs is 5. The number of hydrogen-bond acceptors (Lipinski definition) is 3. The molecule has 3 nitrogen and oxygen atoms in total. The molecule has 1 N–H and O–H groups in total. The molecule has 0 saturated heterocycles. The van der Waals surface area contributed by atoms with Crippen LogP contribution in [-0.4, -0.2) is 23.3 Å². The molecule has 6 atom stereocenters. The van der Waals surface area contributed by atoms with E-state index in [4.69, 9.17) is 0 Å². The third-order valence-corrected chi connectivity index (χ3v) is 8.10. The number of aliphatic hydroxyl groups excluding tert-OH is 1. The van der Waals surface area contributed by atoms with Gasteiger partial charge >= 0.3 is 0 Å². The maximum Gasteiger partial charge on any atom is 0.178 e. The Balaban J connectivity index is 0.00000182. The minimum atomic E-state index is -0.309. The summed E-state index contributed by atoms with van der Waals surface area (Å²) in [5.74, 6) is 2.03. The van der Waals surface area contributed by atoms with Crippen LogP contribution >= 0.6 is 0 Å². The van der Waals surface area contributed by atoms with Crippen molar-refractivity contribution in [1.82, 2.24) is 0 Å². The molecule has 0 heterocycles. The maximum atomic E-state index is 12.3. The van der Waals surface area contributed by atoms with Crippen molar-refractivity contribution >= 4 is 11.6 Å². The zero-order valence-electron chi connectivity index (χ0n) is 14.8. The highest BCUT2D eigenvalue weighted by atomic mass is 16.3. The monoisotopic (exact) mass is 344 g/mol. The van der Waals surface area contributed by atoms with Gasteiger partial charge in [-0.05, 0) is 73.8 Å². The Morgan fingerprint density at radius 1 is 1.20 bits per heavy atom. The number of hydrogen-bond donors (Lipinski definition) is 1. The Morgan fingerprint density at radius 2 is 1.96 bits per heavy atom. The first-order chi connectivity index (χ1) is 11.4. The molecule has 0 radical (unpaired) electrons. The molecule has 6 unspecified atom stereocenters. The van der Waals surface area contributed by atoms with Crippen LogP contribution in [-0.2, 0) is 9.59 Å². The van der Waals surface area contributed by atoms with Crippen LogP contribution in [0, 0.1) is 34.5 Å². The van der Waals surface area contributed by atoms with E-state index in [9.17, 15) is 14.7 Å². The SMILES string of the molecule is C.CC12C=CC(=O)C=C1CCC1C2CCC2(C)C(C(=O)CO)CCC12. The van der Waals surface area contributed by atoms with Crippen molar-refractivity contribution in [3.8, 4) is 0 Å². The second-order valence-corrected chi connectivity index (χ2v) is 8.90. The summed E-state index contributed by atoms with van der Waals surface area (Å²) in [6.45, 7) is 4.30. The van der Waals surface area contributed by atoms with Crippen LogP contribution < -0.4 is 0 Å². The molecule has 0 aliphatic heterocycles. The third-order valence-electron chi connectivity index (χ3n) is 8.10. The van der Waals surface area contributed by atoms with Gasteiger partial charge in [0.15, 0.2) is 11.6 Å². The fourth-order valence-electron chi connectivity index (χ4n) is 6.84. The van der Waals surface area contributed by atoms with Gasteiger partial charge < -0.3 is 5.11 Å². The van der Waals surface area contributed by atoms with Crippen LogP contribution in [0.25, 0.3) is 0 Å². The number of allylic oxidation sites excluding steroid dienone is 4. The first-order valence-electron chi connectivity index (χ1n) is 9.48. The van der Waals surface area contributed by atoms with Crippen molar-refractivity contribution in [2.45, 2.75) is 59.8 Å². The molecular formula is C22H32O3. The van der Waals surface area contributed by atoms with Crippen molar-refractivity contribution in [1.29, 1.82) is 0 Å². The van der Waals surface area contributed by atoms with Crippen LogP contribution in [0.2, 0.25) is 0 Å². The molecule has 0 bridgehead atoms. The maximum absolute atomic E-state index is 12.3. The van der Waals surface area contributed by atoms with Crippen molar-refractivity contribution < 1.29 is 14.7 Å². The smallest absolute Gasteiger partial charge is 0.178 e. The fourth-order valence-corrected chi connectivity index (χ4v) is 6.84. The number of Topliss-reactive ketones (excluding diaryl/α,β-unsaturated/α-hetero) is 1. The topological polar surface area (TPSA) is 54.4 Å². The largest absolute Gasteiger partial charge is 0.389 e. The van der Waals surface area contributed by atoms with Gasteiger partial charge in [0.2, 0.25) is 0 Å². The third kappa shape index (κ3) is 2.50. The van der Waals surface area contributed by atoms with Gasteiger partial charge in [-0.25, -0.2) is 0 Å². The van der Waals surface area contributed by atoms with Crippen LogP contribution in [0.3, 0.4) is 0 Å². The van der Waals surface area contributed by atoms with Crippen LogP contribution in [0.4, 0.5) is 0 Å². The molecule has 0 spiro atoms. The molecule has 138 valence electrons. The summed E-state index contributed by atoms with van der Waals surface area (Å²) in [5.41, 5.74) is 1.41. The Hall–Kier alpha value is -1.22. The second kappa shape index (κ2) is 6.19. The first kappa shape index (κ1) is 18.6. The van der Waals surface area contributed by atoms with Crippen molar-refractivity contribution in [3.05, 3.63) is 23.8 Å². The molecule has 4 aliphatic carbocycles. The Kier molecular flexibility index (Phi) is 4.60. The highest BCUT2D eigenvalue weighted by molar-refractivity contribution is 6.01.